The number of carbonyl (C=O) groups excluding carboxylic acids is 1. The van der Waals surface area contributed by atoms with Gasteiger partial charge in [0, 0.05) is 25.2 Å². The molecule has 1 heterocycles. The highest BCUT2D eigenvalue weighted by atomic mass is 16.3. The molecule has 1 N–H and O–H groups in total. The number of benzene rings is 1. The SMILES string of the molecule is CCCN(C)C(=O)c1cc2ncccc2cc1O. The van der Waals surface area contributed by atoms with Gasteiger partial charge in [0.25, 0.3) is 5.91 Å². The maximum absolute atomic E-state index is 12.1. The summed E-state index contributed by atoms with van der Waals surface area (Å²) in [6.45, 7) is 2.67. The van der Waals surface area contributed by atoms with Gasteiger partial charge < -0.3 is 10.0 Å². The fourth-order valence-corrected chi connectivity index (χ4v) is 1.92. The lowest BCUT2D eigenvalue weighted by molar-refractivity contribution is 0.0792. The second kappa shape index (κ2) is 5.04. The van der Waals surface area contributed by atoms with E-state index in [2.05, 4.69) is 4.98 Å². The summed E-state index contributed by atoms with van der Waals surface area (Å²) in [4.78, 5) is 17.9. The molecule has 0 bridgehead atoms. The molecule has 1 aromatic carbocycles. The van der Waals surface area contributed by atoms with Gasteiger partial charge >= 0.3 is 0 Å². The maximum Gasteiger partial charge on any atom is 0.257 e. The Kier molecular flexibility index (Phi) is 3.46. The van der Waals surface area contributed by atoms with Crippen molar-refractivity contribution in [3.8, 4) is 5.75 Å². The first-order valence-electron chi connectivity index (χ1n) is 5.96. The van der Waals surface area contributed by atoms with Crippen molar-refractivity contribution in [2.24, 2.45) is 0 Å². The average molecular weight is 244 g/mol. The van der Waals surface area contributed by atoms with Crippen LogP contribution in [0.2, 0.25) is 0 Å². The molecule has 0 aliphatic rings. The minimum Gasteiger partial charge on any atom is -0.507 e. The topological polar surface area (TPSA) is 53.4 Å². The monoisotopic (exact) mass is 244 g/mol. The second-order valence-electron chi connectivity index (χ2n) is 4.29. The van der Waals surface area contributed by atoms with E-state index in [1.54, 1.807) is 36.3 Å². The van der Waals surface area contributed by atoms with Crippen LogP contribution in [0.5, 0.6) is 5.75 Å². The number of phenols is 1. The Hall–Kier alpha value is -2.10. The number of amides is 1. The Labute approximate surface area is 106 Å². The Morgan fingerprint density at radius 3 is 2.94 bits per heavy atom. The Morgan fingerprint density at radius 1 is 1.44 bits per heavy atom. The first-order chi connectivity index (χ1) is 8.63. The molecule has 0 fully saturated rings. The third-order valence-electron chi connectivity index (χ3n) is 2.86. The van der Waals surface area contributed by atoms with Gasteiger partial charge in [0.1, 0.15) is 5.75 Å². The summed E-state index contributed by atoms with van der Waals surface area (Å²) in [5.41, 5.74) is 1.01. The van der Waals surface area contributed by atoms with Crippen LogP contribution < -0.4 is 0 Å². The smallest absolute Gasteiger partial charge is 0.257 e. The summed E-state index contributed by atoms with van der Waals surface area (Å²) in [6.07, 6.45) is 2.55. The third kappa shape index (κ3) is 2.27. The summed E-state index contributed by atoms with van der Waals surface area (Å²) < 4.78 is 0. The normalized spacial score (nSPS) is 10.6. The number of hydrogen-bond acceptors (Lipinski definition) is 3. The van der Waals surface area contributed by atoms with Gasteiger partial charge in [-0.3, -0.25) is 9.78 Å². The highest BCUT2D eigenvalue weighted by Crippen LogP contribution is 2.24. The molecule has 18 heavy (non-hydrogen) atoms. The van der Waals surface area contributed by atoms with Crippen molar-refractivity contribution in [1.82, 2.24) is 9.88 Å². The van der Waals surface area contributed by atoms with Crippen molar-refractivity contribution in [3.05, 3.63) is 36.0 Å². The summed E-state index contributed by atoms with van der Waals surface area (Å²) in [5.74, 6) is -0.176. The van der Waals surface area contributed by atoms with Gasteiger partial charge in [-0.1, -0.05) is 13.0 Å². The molecule has 4 nitrogen and oxygen atoms in total. The number of hydrogen-bond donors (Lipinski definition) is 1. The minimum atomic E-state index is -0.179. The first kappa shape index (κ1) is 12.4. The molecular formula is C14H16N2O2. The van der Waals surface area contributed by atoms with E-state index < -0.39 is 0 Å². The number of phenolic OH excluding ortho intramolecular Hbond substituents is 1. The minimum absolute atomic E-state index is 0.00320. The highest BCUT2D eigenvalue weighted by Gasteiger charge is 2.16. The van der Waals surface area contributed by atoms with Crippen molar-refractivity contribution in [3.63, 3.8) is 0 Å². The van der Waals surface area contributed by atoms with Gasteiger partial charge in [-0.05, 0) is 24.6 Å². The van der Waals surface area contributed by atoms with Gasteiger partial charge in [0.2, 0.25) is 0 Å². The lowest BCUT2D eigenvalue weighted by Crippen LogP contribution is -2.27. The Bertz CT molecular complexity index is 581. The van der Waals surface area contributed by atoms with E-state index in [-0.39, 0.29) is 11.7 Å². The van der Waals surface area contributed by atoms with Crippen molar-refractivity contribution < 1.29 is 9.90 Å². The number of nitrogens with zero attached hydrogens (tertiary/aromatic N) is 2. The lowest BCUT2D eigenvalue weighted by atomic mass is 10.1. The van der Waals surface area contributed by atoms with Crippen LogP contribution in [0.3, 0.4) is 0 Å². The molecule has 1 aromatic heterocycles. The molecule has 0 spiro atoms. The van der Waals surface area contributed by atoms with E-state index in [9.17, 15) is 9.90 Å². The molecule has 0 atom stereocenters. The van der Waals surface area contributed by atoms with Gasteiger partial charge in [-0.25, -0.2) is 0 Å². The zero-order chi connectivity index (χ0) is 13.1. The molecule has 2 aromatic rings. The molecule has 1 amide bonds. The van der Waals surface area contributed by atoms with Crippen LogP contribution in [-0.4, -0.2) is 34.5 Å². The molecule has 0 saturated heterocycles. The standard InChI is InChI=1S/C14H16N2O2/c1-3-7-16(2)14(18)11-9-12-10(8-13(11)17)5-4-6-15-12/h4-6,8-9,17H,3,7H2,1-2H3. The van der Waals surface area contributed by atoms with Gasteiger partial charge in [0.15, 0.2) is 0 Å². The van der Waals surface area contributed by atoms with Crippen LogP contribution in [-0.2, 0) is 0 Å². The van der Waals surface area contributed by atoms with E-state index in [0.717, 1.165) is 11.8 Å². The maximum atomic E-state index is 12.1. The molecular weight excluding hydrogens is 228 g/mol. The van der Waals surface area contributed by atoms with Crippen LogP contribution in [0.4, 0.5) is 0 Å². The fourth-order valence-electron chi connectivity index (χ4n) is 1.92. The molecule has 4 heteroatoms. The first-order valence-corrected chi connectivity index (χ1v) is 5.96. The van der Waals surface area contributed by atoms with Gasteiger partial charge in [-0.15, -0.1) is 0 Å². The van der Waals surface area contributed by atoms with Crippen LogP contribution in [0.25, 0.3) is 10.9 Å². The summed E-state index contributed by atoms with van der Waals surface area (Å²) >= 11 is 0. The second-order valence-corrected chi connectivity index (χ2v) is 4.29. The molecule has 0 aliphatic heterocycles. The van der Waals surface area contributed by atoms with E-state index in [0.29, 0.717) is 17.6 Å². The summed E-state index contributed by atoms with van der Waals surface area (Å²) in [7, 11) is 1.73. The van der Waals surface area contributed by atoms with Gasteiger partial charge in [-0.2, -0.15) is 0 Å². The number of aromatic nitrogens is 1. The molecule has 0 aliphatic carbocycles. The fraction of sp³-hybridized carbons (Fsp3) is 0.286. The zero-order valence-corrected chi connectivity index (χ0v) is 10.6. The lowest BCUT2D eigenvalue weighted by Gasteiger charge is -2.17. The van der Waals surface area contributed by atoms with Gasteiger partial charge in [0.05, 0.1) is 11.1 Å². The van der Waals surface area contributed by atoms with Crippen molar-refractivity contribution in [2.75, 3.05) is 13.6 Å². The molecule has 0 saturated carbocycles. The quantitative estimate of drug-likeness (QED) is 0.902. The van der Waals surface area contributed by atoms with Crippen molar-refractivity contribution >= 4 is 16.8 Å². The largest absolute Gasteiger partial charge is 0.507 e. The number of rotatable bonds is 3. The van der Waals surface area contributed by atoms with Crippen molar-refractivity contribution in [1.29, 1.82) is 0 Å². The summed E-state index contributed by atoms with van der Waals surface area (Å²) in [6, 6.07) is 6.87. The van der Waals surface area contributed by atoms with E-state index >= 15 is 0 Å². The number of carbonyl (C=O) groups is 1. The third-order valence-corrected chi connectivity index (χ3v) is 2.86. The predicted molar refractivity (Wildman–Crippen MR) is 70.7 cm³/mol. The van der Waals surface area contributed by atoms with Crippen LogP contribution in [0, 0.1) is 0 Å². The number of fused-ring (bicyclic) bond motifs is 1. The van der Waals surface area contributed by atoms with E-state index in [4.69, 9.17) is 0 Å². The van der Waals surface area contributed by atoms with E-state index in [1.807, 2.05) is 13.0 Å². The average Bonchev–Trinajstić information content (AvgIpc) is 2.37. The van der Waals surface area contributed by atoms with Crippen molar-refractivity contribution in [2.45, 2.75) is 13.3 Å². The van der Waals surface area contributed by atoms with E-state index in [1.165, 1.54) is 0 Å². The summed E-state index contributed by atoms with van der Waals surface area (Å²) in [5, 5.41) is 10.7. The molecule has 0 unspecified atom stereocenters. The number of aromatic hydroxyl groups is 1. The predicted octanol–water partition coefficient (Wildman–Crippen LogP) is 2.42. The zero-order valence-electron chi connectivity index (χ0n) is 10.6. The Morgan fingerprint density at radius 2 is 2.22 bits per heavy atom. The Balaban J connectivity index is 2.44. The molecule has 94 valence electrons. The highest BCUT2D eigenvalue weighted by molar-refractivity contribution is 6.00. The molecule has 2 rings (SSSR count). The number of pyridine rings is 1. The van der Waals surface area contributed by atoms with Crippen LogP contribution in [0.1, 0.15) is 23.7 Å². The molecule has 0 radical (unpaired) electrons. The van der Waals surface area contributed by atoms with Crippen LogP contribution in [0.15, 0.2) is 30.5 Å². The van der Waals surface area contributed by atoms with Crippen LogP contribution >= 0.6 is 0 Å².